The number of nitrogens with one attached hydrogen (secondary N) is 2. The fraction of sp³-hybridized carbons (Fsp3) is 0.381. The van der Waals surface area contributed by atoms with Crippen molar-refractivity contribution in [1.82, 2.24) is 10.2 Å². The number of thiocarbonyl (C=S) groups is 1. The summed E-state index contributed by atoms with van der Waals surface area (Å²) < 4.78 is 5.17. The van der Waals surface area contributed by atoms with E-state index in [1.165, 1.54) is 5.69 Å². The van der Waals surface area contributed by atoms with Crippen LogP contribution in [-0.4, -0.2) is 55.9 Å². The smallest absolute Gasteiger partial charge is 0.170 e. The number of piperazine rings is 1. The second-order valence-corrected chi connectivity index (χ2v) is 7.18. The molecular formula is C21H28N4OS. The number of para-hydroxylation sites is 1. The first-order valence-corrected chi connectivity index (χ1v) is 9.79. The Morgan fingerprint density at radius 3 is 2.33 bits per heavy atom. The molecule has 1 saturated heterocycles. The second kappa shape index (κ2) is 9.58. The summed E-state index contributed by atoms with van der Waals surface area (Å²) in [6.07, 6.45) is 0. The van der Waals surface area contributed by atoms with Crippen LogP contribution in [0.2, 0.25) is 0 Å². The van der Waals surface area contributed by atoms with Gasteiger partial charge in [0, 0.05) is 50.1 Å². The van der Waals surface area contributed by atoms with Crippen molar-refractivity contribution in [2.75, 3.05) is 50.1 Å². The largest absolute Gasteiger partial charge is 0.497 e. The van der Waals surface area contributed by atoms with Crippen LogP contribution in [0.15, 0.2) is 54.6 Å². The maximum Gasteiger partial charge on any atom is 0.170 e. The van der Waals surface area contributed by atoms with Gasteiger partial charge in [-0.05, 0) is 55.5 Å². The van der Waals surface area contributed by atoms with Crippen molar-refractivity contribution < 1.29 is 4.74 Å². The molecule has 1 unspecified atom stereocenters. The topological polar surface area (TPSA) is 39.8 Å². The van der Waals surface area contributed by atoms with Gasteiger partial charge in [-0.2, -0.15) is 0 Å². The molecule has 1 aliphatic heterocycles. The van der Waals surface area contributed by atoms with Crippen molar-refractivity contribution in [3.05, 3.63) is 54.6 Å². The molecule has 6 heteroatoms. The third kappa shape index (κ3) is 5.58. The summed E-state index contributed by atoms with van der Waals surface area (Å²) in [5, 5.41) is 7.20. The van der Waals surface area contributed by atoms with Crippen LogP contribution in [0.1, 0.15) is 6.92 Å². The lowest BCUT2D eigenvalue weighted by atomic mass is 10.2. The highest BCUT2D eigenvalue weighted by Crippen LogP contribution is 2.17. The van der Waals surface area contributed by atoms with E-state index in [2.05, 4.69) is 57.7 Å². The van der Waals surface area contributed by atoms with Crippen molar-refractivity contribution in [3.8, 4) is 5.75 Å². The minimum Gasteiger partial charge on any atom is -0.497 e. The molecule has 2 aromatic carbocycles. The Bertz CT molecular complexity index is 715. The van der Waals surface area contributed by atoms with Gasteiger partial charge in [0.15, 0.2) is 5.11 Å². The van der Waals surface area contributed by atoms with Gasteiger partial charge in [0.2, 0.25) is 0 Å². The maximum atomic E-state index is 5.42. The fourth-order valence-corrected chi connectivity index (χ4v) is 3.48. The molecule has 1 heterocycles. The van der Waals surface area contributed by atoms with Gasteiger partial charge in [-0.15, -0.1) is 0 Å². The molecular weight excluding hydrogens is 356 g/mol. The zero-order valence-corrected chi connectivity index (χ0v) is 16.8. The third-order valence-electron chi connectivity index (χ3n) is 4.96. The van der Waals surface area contributed by atoms with Crippen molar-refractivity contribution in [2.24, 2.45) is 0 Å². The Morgan fingerprint density at radius 1 is 1.04 bits per heavy atom. The normalized spacial score (nSPS) is 15.9. The highest BCUT2D eigenvalue weighted by molar-refractivity contribution is 7.80. The first kappa shape index (κ1) is 19.5. The van der Waals surface area contributed by atoms with Gasteiger partial charge in [-0.3, -0.25) is 4.90 Å². The first-order chi connectivity index (χ1) is 13.2. The highest BCUT2D eigenvalue weighted by Gasteiger charge is 2.21. The average Bonchev–Trinajstić information content (AvgIpc) is 2.73. The zero-order valence-electron chi connectivity index (χ0n) is 16.0. The number of anilines is 2. The quantitative estimate of drug-likeness (QED) is 0.746. The maximum absolute atomic E-state index is 5.42. The third-order valence-corrected chi connectivity index (χ3v) is 5.21. The molecule has 5 nitrogen and oxygen atoms in total. The van der Waals surface area contributed by atoms with E-state index < -0.39 is 0 Å². The summed E-state index contributed by atoms with van der Waals surface area (Å²) in [4.78, 5) is 4.97. The van der Waals surface area contributed by atoms with Crippen LogP contribution in [0.25, 0.3) is 0 Å². The van der Waals surface area contributed by atoms with Crippen LogP contribution in [0.4, 0.5) is 11.4 Å². The standard InChI is InChI=1S/C21H28N4OS/c1-17(16-22-21(27)23-18-8-10-20(26-2)11-9-18)24-12-14-25(15-13-24)19-6-4-3-5-7-19/h3-11,17H,12-16H2,1-2H3,(H2,22,23,27). The molecule has 0 amide bonds. The Hall–Kier alpha value is -2.31. The van der Waals surface area contributed by atoms with Crippen molar-refractivity contribution in [2.45, 2.75) is 13.0 Å². The van der Waals surface area contributed by atoms with Crippen LogP contribution in [0, 0.1) is 0 Å². The minimum absolute atomic E-state index is 0.429. The number of nitrogens with zero attached hydrogens (tertiary/aromatic N) is 2. The van der Waals surface area contributed by atoms with Gasteiger partial charge in [-0.25, -0.2) is 0 Å². The van der Waals surface area contributed by atoms with Crippen molar-refractivity contribution >= 4 is 28.7 Å². The van der Waals surface area contributed by atoms with E-state index in [1.807, 2.05) is 24.3 Å². The Labute approximate surface area is 167 Å². The average molecular weight is 385 g/mol. The van der Waals surface area contributed by atoms with E-state index in [4.69, 9.17) is 17.0 Å². The Kier molecular flexibility index (Phi) is 6.90. The molecule has 3 rings (SSSR count). The molecule has 0 radical (unpaired) electrons. The lowest BCUT2D eigenvalue weighted by molar-refractivity contribution is 0.198. The van der Waals surface area contributed by atoms with E-state index in [9.17, 15) is 0 Å². The molecule has 0 bridgehead atoms. The Balaban J connectivity index is 1.40. The van der Waals surface area contributed by atoms with Gasteiger partial charge in [0.1, 0.15) is 5.75 Å². The van der Waals surface area contributed by atoms with E-state index in [1.54, 1.807) is 7.11 Å². The van der Waals surface area contributed by atoms with Crippen LogP contribution in [-0.2, 0) is 0 Å². The molecule has 0 aromatic heterocycles. The molecule has 0 aliphatic carbocycles. The molecule has 27 heavy (non-hydrogen) atoms. The molecule has 144 valence electrons. The second-order valence-electron chi connectivity index (χ2n) is 6.77. The van der Waals surface area contributed by atoms with Gasteiger partial charge in [-0.1, -0.05) is 18.2 Å². The van der Waals surface area contributed by atoms with Gasteiger partial charge < -0.3 is 20.3 Å². The molecule has 2 aromatic rings. The molecule has 1 aliphatic rings. The minimum atomic E-state index is 0.429. The zero-order chi connectivity index (χ0) is 19.1. The van der Waals surface area contributed by atoms with Crippen LogP contribution < -0.4 is 20.3 Å². The van der Waals surface area contributed by atoms with Crippen molar-refractivity contribution in [1.29, 1.82) is 0 Å². The highest BCUT2D eigenvalue weighted by atomic mass is 32.1. The first-order valence-electron chi connectivity index (χ1n) is 9.38. The Morgan fingerprint density at radius 2 is 1.70 bits per heavy atom. The van der Waals surface area contributed by atoms with Crippen molar-refractivity contribution in [3.63, 3.8) is 0 Å². The van der Waals surface area contributed by atoms with Gasteiger partial charge >= 0.3 is 0 Å². The SMILES string of the molecule is COc1ccc(NC(=S)NCC(C)N2CCN(c3ccccc3)CC2)cc1. The summed E-state index contributed by atoms with van der Waals surface area (Å²) in [6.45, 7) is 7.33. The number of ether oxygens (including phenoxy) is 1. The van der Waals surface area contributed by atoms with Crippen LogP contribution >= 0.6 is 12.2 Å². The molecule has 1 fully saturated rings. The fourth-order valence-electron chi connectivity index (χ4n) is 3.28. The number of benzene rings is 2. The molecule has 1 atom stereocenters. The summed E-state index contributed by atoms with van der Waals surface area (Å²) in [7, 11) is 1.66. The lowest BCUT2D eigenvalue weighted by Gasteiger charge is -2.39. The van der Waals surface area contributed by atoms with E-state index in [-0.39, 0.29) is 0 Å². The van der Waals surface area contributed by atoms with Crippen LogP contribution in [0.3, 0.4) is 0 Å². The number of hydrogen-bond donors (Lipinski definition) is 2. The molecule has 0 spiro atoms. The molecule has 2 N–H and O–H groups in total. The lowest BCUT2D eigenvalue weighted by Crippen LogP contribution is -2.52. The number of methoxy groups -OCH3 is 1. The van der Waals surface area contributed by atoms with Crippen LogP contribution in [0.5, 0.6) is 5.75 Å². The summed E-state index contributed by atoms with van der Waals surface area (Å²) in [5.41, 5.74) is 2.27. The predicted molar refractivity (Wildman–Crippen MR) is 117 cm³/mol. The number of hydrogen-bond acceptors (Lipinski definition) is 4. The van der Waals surface area contributed by atoms with Gasteiger partial charge in [0.25, 0.3) is 0 Å². The predicted octanol–water partition coefficient (Wildman–Crippen LogP) is 3.19. The van der Waals surface area contributed by atoms with E-state index >= 15 is 0 Å². The molecule has 0 saturated carbocycles. The monoisotopic (exact) mass is 384 g/mol. The van der Waals surface area contributed by atoms with Gasteiger partial charge in [0.05, 0.1) is 7.11 Å². The summed E-state index contributed by atoms with van der Waals surface area (Å²) in [5.74, 6) is 0.836. The van der Waals surface area contributed by atoms with E-state index in [0.29, 0.717) is 11.2 Å². The van der Waals surface area contributed by atoms with E-state index in [0.717, 1.165) is 44.2 Å². The number of rotatable bonds is 6. The summed E-state index contributed by atoms with van der Waals surface area (Å²) >= 11 is 5.42. The summed E-state index contributed by atoms with van der Waals surface area (Å²) in [6, 6.07) is 18.8.